The largest absolute Gasteiger partial charge is 0.339 e. The molecule has 6 heteroatoms. The van der Waals surface area contributed by atoms with Crippen LogP contribution in [0.4, 0.5) is 16.2 Å². The Kier molecular flexibility index (Phi) is 5.86. The summed E-state index contributed by atoms with van der Waals surface area (Å²) in [6, 6.07) is 16.4. The summed E-state index contributed by atoms with van der Waals surface area (Å²) < 4.78 is 0. The Balaban J connectivity index is 1.54. The Labute approximate surface area is 153 Å². The van der Waals surface area contributed by atoms with Gasteiger partial charge in [0.1, 0.15) is 0 Å². The van der Waals surface area contributed by atoms with Gasteiger partial charge in [0.2, 0.25) is 0 Å². The van der Waals surface area contributed by atoms with Crippen LogP contribution >= 0.6 is 0 Å². The number of nitrogens with one attached hydrogen (secondary N) is 3. The molecule has 0 spiro atoms. The van der Waals surface area contributed by atoms with Crippen LogP contribution in [0.25, 0.3) is 0 Å². The van der Waals surface area contributed by atoms with Gasteiger partial charge in [-0.25, -0.2) is 4.79 Å². The molecule has 26 heavy (non-hydrogen) atoms. The zero-order valence-electron chi connectivity index (χ0n) is 14.9. The molecule has 2 aromatic rings. The fourth-order valence-electron chi connectivity index (χ4n) is 3.06. The summed E-state index contributed by atoms with van der Waals surface area (Å²) in [7, 11) is 1.96. The lowest BCUT2D eigenvalue weighted by Crippen LogP contribution is -2.43. The molecule has 0 aromatic heterocycles. The Morgan fingerprint density at radius 1 is 0.885 bits per heavy atom. The predicted octanol–water partition coefficient (Wildman–Crippen LogP) is 3.15. The number of amides is 3. The summed E-state index contributed by atoms with van der Waals surface area (Å²) in [5, 5.41) is 8.79. The summed E-state index contributed by atoms with van der Waals surface area (Å²) in [5.74, 6) is 0.0415. The minimum absolute atomic E-state index is 0.0415. The number of para-hydroxylation sites is 1. The Hall–Kier alpha value is -2.86. The van der Waals surface area contributed by atoms with E-state index in [0.717, 1.165) is 31.6 Å². The standard InChI is InChI=1S/C20H24N4O2/c1-21-16-11-13-24(14-12-16)19(25)15-7-9-18(10-8-15)23-20(26)22-17-5-3-2-4-6-17/h2-10,16,21H,11-14H2,1H3,(H2,22,23,26). The van der Waals surface area contributed by atoms with Crippen molar-refractivity contribution in [3.63, 3.8) is 0 Å². The van der Waals surface area contributed by atoms with Gasteiger partial charge in [-0.1, -0.05) is 18.2 Å². The second kappa shape index (κ2) is 8.49. The highest BCUT2D eigenvalue weighted by Gasteiger charge is 2.22. The molecule has 1 saturated heterocycles. The van der Waals surface area contributed by atoms with E-state index in [1.54, 1.807) is 24.3 Å². The van der Waals surface area contributed by atoms with Crippen molar-refractivity contribution in [3.8, 4) is 0 Å². The monoisotopic (exact) mass is 352 g/mol. The van der Waals surface area contributed by atoms with E-state index in [4.69, 9.17) is 0 Å². The number of anilines is 2. The van der Waals surface area contributed by atoms with Crippen LogP contribution in [0.5, 0.6) is 0 Å². The van der Waals surface area contributed by atoms with Crippen molar-refractivity contribution in [2.75, 3.05) is 30.8 Å². The number of benzene rings is 2. The summed E-state index contributed by atoms with van der Waals surface area (Å²) in [6.45, 7) is 1.54. The van der Waals surface area contributed by atoms with E-state index in [-0.39, 0.29) is 11.9 Å². The normalized spacial score (nSPS) is 14.7. The predicted molar refractivity (Wildman–Crippen MR) is 104 cm³/mol. The van der Waals surface area contributed by atoms with E-state index in [9.17, 15) is 9.59 Å². The van der Waals surface area contributed by atoms with Crippen molar-refractivity contribution in [2.24, 2.45) is 0 Å². The van der Waals surface area contributed by atoms with Crippen LogP contribution < -0.4 is 16.0 Å². The maximum absolute atomic E-state index is 12.6. The van der Waals surface area contributed by atoms with Gasteiger partial charge in [0, 0.05) is 36.1 Å². The summed E-state index contributed by atoms with van der Waals surface area (Å²) in [6.07, 6.45) is 1.95. The van der Waals surface area contributed by atoms with Gasteiger partial charge in [-0.15, -0.1) is 0 Å². The third-order valence-corrected chi connectivity index (χ3v) is 4.61. The van der Waals surface area contributed by atoms with Crippen LogP contribution in [0, 0.1) is 0 Å². The number of hydrogen-bond acceptors (Lipinski definition) is 3. The molecule has 3 amide bonds. The van der Waals surface area contributed by atoms with Crippen molar-refractivity contribution in [1.82, 2.24) is 10.2 Å². The second-order valence-electron chi connectivity index (χ2n) is 6.38. The average molecular weight is 352 g/mol. The molecule has 3 rings (SSSR count). The highest BCUT2D eigenvalue weighted by molar-refractivity contribution is 6.00. The van der Waals surface area contributed by atoms with Gasteiger partial charge in [-0.2, -0.15) is 0 Å². The number of likely N-dealkylation sites (tertiary alicyclic amines) is 1. The van der Waals surface area contributed by atoms with Crippen molar-refractivity contribution >= 4 is 23.3 Å². The number of hydrogen-bond donors (Lipinski definition) is 3. The molecule has 6 nitrogen and oxygen atoms in total. The van der Waals surface area contributed by atoms with Crippen LogP contribution in [-0.4, -0.2) is 43.0 Å². The molecule has 1 heterocycles. The lowest BCUT2D eigenvalue weighted by atomic mass is 10.0. The highest BCUT2D eigenvalue weighted by atomic mass is 16.2. The lowest BCUT2D eigenvalue weighted by Gasteiger charge is -2.31. The molecular formula is C20H24N4O2. The first-order chi connectivity index (χ1) is 12.7. The van der Waals surface area contributed by atoms with E-state index in [1.807, 2.05) is 42.3 Å². The topological polar surface area (TPSA) is 73.5 Å². The van der Waals surface area contributed by atoms with Gasteiger partial charge < -0.3 is 20.9 Å². The third-order valence-electron chi connectivity index (χ3n) is 4.61. The fraction of sp³-hybridized carbons (Fsp3) is 0.300. The Morgan fingerprint density at radius 2 is 1.46 bits per heavy atom. The number of urea groups is 1. The van der Waals surface area contributed by atoms with Gasteiger partial charge >= 0.3 is 6.03 Å². The number of carbonyl (C=O) groups excluding carboxylic acids is 2. The molecule has 0 aliphatic carbocycles. The summed E-state index contributed by atoms with van der Waals surface area (Å²) >= 11 is 0. The van der Waals surface area contributed by atoms with Gasteiger partial charge in [0.15, 0.2) is 0 Å². The molecule has 1 aliphatic rings. The number of rotatable bonds is 4. The Bertz CT molecular complexity index is 738. The molecule has 0 bridgehead atoms. The number of nitrogens with zero attached hydrogens (tertiary/aromatic N) is 1. The summed E-state index contributed by atoms with van der Waals surface area (Å²) in [4.78, 5) is 26.5. The van der Waals surface area contributed by atoms with E-state index < -0.39 is 0 Å². The molecule has 136 valence electrons. The maximum Gasteiger partial charge on any atom is 0.323 e. The van der Waals surface area contributed by atoms with Crippen molar-refractivity contribution in [3.05, 3.63) is 60.2 Å². The average Bonchev–Trinajstić information content (AvgIpc) is 2.69. The van der Waals surface area contributed by atoms with Crippen LogP contribution in [0.3, 0.4) is 0 Å². The van der Waals surface area contributed by atoms with E-state index in [1.165, 1.54) is 0 Å². The van der Waals surface area contributed by atoms with Crippen LogP contribution in [0.15, 0.2) is 54.6 Å². The molecule has 0 unspecified atom stereocenters. The van der Waals surface area contributed by atoms with Crippen molar-refractivity contribution in [2.45, 2.75) is 18.9 Å². The number of carbonyl (C=O) groups is 2. The van der Waals surface area contributed by atoms with Crippen LogP contribution in [0.1, 0.15) is 23.2 Å². The molecule has 0 atom stereocenters. The molecule has 1 fully saturated rings. The quantitative estimate of drug-likeness (QED) is 0.791. The minimum atomic E-state index is -0.315. The second-order valence-corrected chi connectivity index (χ2v) is 6.38. The van der Waals surface area contributed by atoms with Gasteiger partial charge in [0.25, 0.3) is 5.91 Å². The Morgan fingerprint density at radius 3 is 2.04 bits per heavy atom. The first kappa shape index (κ1) is 17.9. The molecule has 2 aromatic carbocycles. The molecule has 1 aliphatic heterocycles. The molecule has 3 N–H and O–H groups in total. The molecule has 0 radical (unpaired) electrons. The first-order valence-electron chi connectivity index (χ1n) is 8.85. The zero-order chi connectivity index (χ0) is 18.4. The fourth-order valence-corrected chi connectivity index (χ4v) is 3.06. The van der Waals surface area contributed by atoms with Gasteiger partial charge in [0.05, 0.1) is 0 Å². The van der Waals surface area contributed by atoms with Crippen LogP contribution in [0.2, 0.25) is 0 Å². The number of piperidine rings is 1. The SMILES string of the molecule is CNC1CCN(C(=O)c2ccc(NC(=O)Nc3ccccc3)cc2)CC1. The van der Waals surface area contributed by atoms with E-state index in [0.29, 0.717) is 17.3 Å². The smallest absolute Gasteiger partial charge is 0.323 e. The zero-order valence-corrected chi connectivity index (χ0v) is 14.9. The van der Waals surface area contributed by atoms with Crippen LogP contribution in [-0.2, 0) is 0 Å². The first-order valence-corrected chi connectivity index (χ1v) is 8.85. The van der Waals surface area contributed by atoms with E-state index in [2.05, 4.69) is 16.0 Å². The molecular weight excluding hydrogens is 328 g/mol. The van der Waals surface area contributed by atoms with Gasteiger partial charge in [-0.3, -0.25) is 4.79 Å². The maximum atomic E-state index is 12.6. The van der Waals surface area contributed by atoms with Gasteiger partial charge in [-0.05, 0) is 56.3 Å². The minimum Gasteiger partial charge on any atom is -0.339 e. The van der Waals surface area contributed by atoms with Crippen molar-refractivity contribution in [1.29, 1.82) is 0 Å². The van der Waals surface area contributed by atoms with Crippen molar-refractivity contribution < 1.29 is 9.59 Å². The molecule has 0 saturated carbocycles. The highest BCUT2D eigenvalue weighted by Crippen LogP contribution is 2.16. The third kappa shape index (κ3) is 4.61. The summed E-state index contributed by atoms with van der Waals surface area (Å²) in [5.41, 5.74) is 2.01. The lowest BCUT2D eigenvalue weighted by molar-refractivity contribution is 0.0707. The van der Waals surface area contributed by atoms with E-state index >= 15 is 0 Å².